The lowest BCUT2D eigenvalue weighted by molar-refractivity contribution is -0.131. The molecule has 1 fully saturated rings. The second-order valence-corrected chi connectivity index (χ2v) is 9.06. The van der Waals surface area contributed by atoms with E-state index in [4.69, 9.17) is 4.74 Å². The number of amides is 2. The molecular formula is C26H28N2O3S. The van der Waals surface area contributed by atoms with E-state index in [9.17, 15) is 9.59 Å². The molecule has 2 heterocycles. The number of likely N-dealkylation sites (tertiary alicyclic amines) is 1. The maximum Gasteiger partial charge on any atom is 0.262 e. The van der Waals surface area contributed by atoms with Gasteiger partial charge in [0.05, 0.1) is 18.4 Å². The van der Waals surface area contributed by atoms with Gasteiger partial charge in [-0.05, 0) is 42.8 Å². The number of rotatable bonds is 6. The first kappa shape index (κ1) is 22.1. The number of hydrogen-bond acceptors (Lipinski definition) is 4. The Bertz CT molecular complexity index is 1080. The Balaban J connectivity index is 1.33. The molecule has 5 nitrogen and oxygen atoms in total. The Labute approximate surface area is 193 Å². The molecule has 1 N–H and O–H groups in total. The highest BCUT2D eigenvalue weighted by molar-refractivity contribution is 7.12. The third-order valence-electron chi connectivity index (χ3n) is 5.95. The number of para-hydroxylation sites is 1. The van der Waals surface area contributed by atoms with Gasteiger partial charge in [-0.2, -0.15) is 0 Å². The van der Waals surface area contributed by atoms with E-state index in [-0.39, 0.29) is 17.9 Å². The van der Waals surface area contributed by atoms with Gasteiger partial charge >= 0.3 is 0 Å². The summed E-state index contributed by atoms with van der Waals surface area (Å²) in [6.07, 6.45) is 1.85. The molecule has 2 aromatic carbocycles. The minimum absolute atomic E-state index is 0.0330. The van der Waals surface area contributed by atoms with Crippen molar-refractivity contribution in [1.29, 1.82) is 0 Å². The van der Waals surface area contributed by atoms with Gasteiger partial charge < -0.3 is 15.0 Å². The molecular weight excluding hydrogens is 420 g/mol. The molecule has 1 saturated heterocycles. The van der Waals surface area contributed by atoms with Crippen LogP contribution in [0.15, 0.2) is 60.0 Å². The average molecular weight is 449 g/mol. The van der Waals surface area contributed by atoms with Crippen molar-refractivity contribution in [3.05, 3.63) is 76.0 Å². The number of methoxy groups -OCH3 is 1. The van der Waals surface area contributed by atoms with Gasteiger partial charge in [-0.25, -0.2) is 0 Å². The van der Waals surface area contributed by atoms with Crippen LogP contribution in [0.2, 0.25) is 0 Å². The summed E-state index contributed by atoms with van der Waals surface area (Å²) in [5.41, 5.74) is 4.12. The first-order valence-electron chi connectivity index (χ1n) is 10.9. The summed E-state index contributed by atoms with van der Waals surface area (Å²) in [6, 6.07) is 17.9. The third kappa shape index (κ3) is 5.02. The first-order chi connectivity index (χ1) is 15.5. The summed E-state index contributed by atoms with van der Waals surface area (Å²) in [4.78, 5) is 28.4. The number of nitrogens with zero attached hydrogens (tertiary/aromatic N) is 1. The van der Waals surface area contributed by atoms with Gasteiger partial charge in [0.15, 0.2) is 0 Å². The molecule has 166 valence electrons. The maximum absolute atomic E-state index is 13.0. The number of benzene rings is 2. The minimum Gasteiger partial charge on any atom is -0.496 e. The van der Waals surface area contributed by atoms with E-state index in [1.807, 2.05) is 40.6 Å². The number of carbonyl (C=O) groups excluding carboxylic acids is 2. The lowest BCUT2D eigenvalue weighted by atomic mass is 10.0. The van der Waals surface area contributed by atoms with Crippen molar-refractivity contribution < 1.29 is 14.3 Å². The van der Waals surface area contributed by atoms with Crippen LogP contribution in [0.3, 0.4) is 0 Å². The zero-order valence-electron chi connectivity index (χ0n) is 18.5. The fourth-order valence-corrected chi connectivity index (χ4v) is 4.91. The van der Waals surface area contributed by atoms with Crippen molar-refractivity contribution in [3.63, 3.8) is 0 Å². The molecule has 6 heteroatoms. The van der Waals surface area contributed by atoms with Crippen LogP contribution in [0.25, 0.3) is 11.1 Å². The number of nitrogens with one attached hydrogen (secondary N) is 1. The predicted molar refractivity (Wildman–Crippen MR) is 128 cm³/mol. The molecule has 0 aliphatic carbocycles. The fraction of sp³-hybridized carbons (Fsp3) is 0.308. The highest BCUT2D eigenvalue weighted by atomic mass is 32.1. The Morgan fingerprint density at radius 3 is 2.50 bits per heavy atom. The van der Waals surface area contributed by atoms with Crippen molar-refractivity contribution in [3.8, 4) is 16.9 Å². The molecule has 0 radical (unpaired) electrons. The average Bonchev–Trinajstić information content (AvgIpc) is 3.30. The normalized spacial score (nSPS) is 14.2. The number of aryl methyl sites for hydroxylation is 1. The molecule has 0 spiro atoms. The zero-order chi connectivity index (χ0) is 22.5. The van der Waals surface area contributed by atoms with E-state index in [0.717, 1.165) is 40.2 Å². The molecule has 0 saturated carbocycles. The topological polar surface area (TPSA) is 58.6 Å². The Hall–Kier alpha value is -3.12. The van der Waals surface area contributed by atoms with E-state index in [1.165, 1.54) is 16.9 Å². The van der Waals surface area contributed by atoms with E-state index in [2.05, 4.69) is 36.5 Å². The zero-order valence-corrected chi connectivity index (χ0v) is 19.3. The third-order valence-corrected chi connectivity index (χ3v) is 6.86. The van der Waals surface area contributed by atoms with Gasteiger partial charge in [0.25, 0.3) is 5.91 Å². The number of thiophene rings is 1. The van der Waals surface area contributed by atoms with Crippen molar-refractivity contribution in [2.24, 2.45) is 0 Å². The Kier molecular flexibility index (Phi) is 6.90. The van der Waals surface area contributed by atoms with Gasteiger partial charge in [0.1, 0.15) is 5.75 Å². The van der Waals surface area contributed by atoms with Crippen molar-refractivity contribution in [2.45, 2.75) is 32.2 Å². The number of piperidine rings is 1. The molecule has 1 aromatic heterocycles. The number of ether oxygens (including phenoxy) is 1. The van der Waals surface area contributed by atoms with E-state index in [0.29, 0.717) is 19.5 Å². The van der Waals surface area contributed by atoms with E-state index in [1.54, 1.807) is 7.11 Å². The van der Waals surface area contributed by atoms with Crippen LogP contribution in [-0.2, 0) is 11.2 Å². The molecule has 0 unspecified atom stereocenters. The van der Waals surface area contributed by atoms with Gasteiger partial charge in [-0.1, -0.05) is 48.0 Å². The van der Waals surface area contributed by atoms with Crippen LogP contribution in [-0.4, -0.2) is 43.0 Å². The summed E-state index contributed by atoms with van der Waals surface area (Å²) in [5, 5.41) is 5.15. The van der Waals surface area contributed by atoms with Crippen LogP contribution in [0, 0.1) is 6.92 Å². The smallest absolute Gasteiger partial charge is 0.262 e. The Morgan fingerprint density at radius 2 is 1.78 bits per heavy atom. The predicted octanol–water partition coefficient (Wildman–Crippen LogP) is 4.70. The fourth-order valence-electron chi connectivity index (χ4n) is 4.09. The molecule has 1 aliphatic rings. The van der Waals surface area contributed by atoms with Crippen molar-refractivity contribution in [1.82, 2.24) is 10.2 Å². The molecule has 2 amide bonds. The largest absolute Gasteiger partial charge is 0.496 e. The summed E-state index contributed by atoms with van der Waals surface area (Å²) in [7, 11) is 1.62. The molecule has 1 aliphatic heterocycles. The molecule has 32 heavy (non-hydrogen) atoms. The van der Waals surface area contributed by atoms with Crippen LogP contribution in [0.4, 0.5) is 0 Å². The van der Waals surface area contributed by atoms with E-state index < -0.39 is 0 Å². The highest BCUT2D eigenvalue weighted by Crippen LogP contribution is 2.29. The molecule has 0 bridgehead atoms. The lowest BCUT2D eigenvalue weighted by Crippen LogP contribution is -2.46. The van der Waals surface area contributed by atoms with Crippen molar-refractivity contribution in [2.75, 3.05) is 20.2 Å². The second-order valence-electron chi connectivity index (χ2n) is 8.15. The van der Waals surface area contributed by atoms with Gasteiger partial charge in [0, 0.05) is 30.3 Å². The van der Waals surface area contributed by atoms with Crippen molar-refractivity contribution >= 4 is 23.2 Å². The van der Waals surface area contributed by atoms with Gasteiger partial charge in [-0.15, -0.1) is 11.3 Å². The maximum atomic E-state index is 13.0. The van der Waals surface area contributed by atoms with E-state index >= 15 is 0 Å². The molecule has 0 atom stereocenters. The monoisotopic (exact) mass is 448 g/mol. The standard InChI is InChI=1S/C26H28N2O3S/c1-18-7-9-19(10-8-18)22-13-16-32-25(22)26(30)27-21-11-14-28(15-12-21)24(29)17-20-5-3-4-6-23(20)31-2/h3-10,13,16,21H,11-12,14-15,17H2,1-2H3,(H,27,30). The van der Waals surface area contributed by atoms with Gasteiger partial charge in [-0.3, -0.25) is 9.59 Å². The number of hydrogen-bond donors (Lipinski definition) is 1. The SMILES string of the molecule is COc1ccccc1CC(=O)N1CCC(NC(=O)c2sccc2-c2ccc(C)cc2)CC1. The minimum atomic E-state index is -0.0330. The first-order valence-corrected chi connectivity index (χ1v) is 11.8. The summed E-state index contributed by atoms with van der Waals surface area (Å²) >= 11 is 1.47. The van der Waals surface area contributed by atoms with Crippen LogP contribution >= 0.6 is 11.3 Å². The highest BCUT2D eigenvalue weighted by Gasteiger charge is 2.25. The summed E-state index contributed by atoms with van der Waals surface area (Å²) in [5.74, 6) is 0.803. The quantitative estimate of drug-likeness (QED) is 0.595. The van der Waals surface area contributed by atoms with Gasteiger partial charge in [0.2, 0.25) is 5.91 Å². The van der Waals surface area contributed by atoms with Crippen LogP contribution in [0.5, 0.6) is 5.75 Å². The summed E-state index contributed by atoms with van der Waals surface area (Å²) in [6.45, 7) is 3.35. The Morgan fingerprint density at radius 1 is 1.06 bits per heavy atom. The summed E-state index contributed by atoms with van der Waals surface area (Å²) < 4.78 is 5.36. The lowest BCUT2D eigenvalue weighted by Gasteiger charge is -2.32. The van der Waals surface area contributed by atoms with Crippen LogP contribution < -0.4 is 10.1 Å². The molecule has 4 rings (SSSR count). The number of carbonyl (C=O) groups is 2. The second kappa shape index (κ2) is 10.0. The van der Waals surface area contributed by atoms with Crippen LogP contribution in [0.1, 0.15) is 33.6 Å². The molecule has 3 aromatic rings.